The Morgan fingerprint density at radius 2 is 0.784 bits per heavy atom. The van der Waals surface area contributed by atoms with Gasteiger partial charge in [-0.2, -0.15) is 43.9 Å². The molecule has 16 heteroatoms. The van der Waals surface area contributed by atoms with E-state index in [0.717, 1.165) is 0 Å². The number of nitrogen functional groups attached to an aromatic ring is 2. The molecule has 4 N–H and O–H groups in total. The second-order valence-corrected chi connectivity index (χ2v) is 7.13. The average molecular weight is 550 g/mol. The molecule has 0 unspecified atom stereocenters. The van der Waals surface area contributed by atoms with Gasteiger partial charge in [0, 0.05) is 0 Å². The first-order valence-corrected chi connectivity index (χ1v) is 9.39. The third-order valence-electron chi connectivity index (χ3n) is 4.70. The Morgan fingerprint density at radius 3 is 1.16 bits per heavy atom. The zero-order valence-electron chi connectivity index (χ0n) is 17.5. The molecule has 0 amide bonds. The summed E-state index contributed by atoms with van der Waals surface area (Å²) in [5.74, 6) is -11.4. The van der Waals surface area contributed by atoms with Gasteiger partial charge in [-0.25, -0.2) is 8.78 Å². The number of benzene rings is 3. The Hall–Kier alpha value is -3.98. The summed E-state index contributed by atoms with van der Waals surface area (Å²) in [6, 6.07) is 1.45. The van der Waals surface area contributed by atoms with Crippen molar-refractivity contribution in [2.45, 2.75) is 18.5 Å². The van der Waals surface area contributed by atoms with Gasteiger partial charge < -0.3 is 20.9 Å². The highest BCUT2D eigenvalue weighted by molar-refractivity contribution is 5.58. The van der Waals surface area contributed by atoms with Crippen LogP contribution >= 0.6 is 0 Å². The molecule has 0 aromatic heterocycles. The molecule has 0 heterocycles. The monoisotopic (exact) mass is 550 g/mol. The van der Waals surface area contributed by atoms with E-state index in [-0.39, 0.29) is 24.3 Å². The van der Waals surface area contributed by atoms with Gasteiger partial charge >= 0.3 is 18.5 Å². The van der Waals surface area contributed by atoms with Gasteiger partial charge in [0.05, 0.1) is 22.5 Å². The third kappa shape index (κ3) is 5.41. The molecule has 0 bridgehead atoms. The lowest BCUT2D eigenvalue weighted by Gasteiger charge is -2.19. The molecular weight excluding hydrogens is 540 g/mol. The van der Waals surface area contributed by atoms with Crippen molar-refractivity contribution in [2.75, 3.05) is 11.5 Å². The zero-order valence-corrected chi connectivity index (χ0v) is 17.5. The summed E-state index contributed by atoms with van der Waals surface area (Å²) in [4.78, 5) is 0. The Kier molecular flexibility index (Phi) is 6.83. The van der Waals surface area contributed by atoms with Crippen molar-refractivity contribution >= 4 is 11.4 Å². The highest BCUT2D eigenvalue weighted by Gasteiger charge is 2.39. The molecule has 3 aromatic rings. The van der Waals surface area contributed by atoms with Gasteiger partial charge in [-0.1, -0.05) is 0 Å². The first-order valence-electron chi connectivity index (χ1n) is 9.39. The normalized spacial score (nSPS) is 12.5. The first-order chi connectivity index (χ1) is 16.8. The highest BCUT2D eigenvalue weighted by atomic mass is 19.4. The quantitative estimate of drug-likeness (QED) is 0.256. The lowest BCUT2D eigenvalue weighted by atomic mass is 10.1. The van der Waals surface area contributed by atoms with E-state index in [0.29, 0.717) is 12.1 Å². The van der Waals surface area contributed by atoms with E-state index >= 15 is 4.39 Å². The SMILES string of the molecule is Nc1c(C(F)(F)F)ccc(Oc2ccc(C(F)(F)F)c(Oc3ccc(C(F)(F)F)c(N)c3F)c2F)c1F. The van der Waals surface area contributed by atoms with Crippen molar-refractivity contribution in [2.24, 2.45) is 0 Å². The summed E-state index contributed by atoms with van der Waals surface area (Å²) in [6.45, 7) is 0. The molecule has 200 valence electrons. The number of rotatable bonds is 4. The molecule has 0 aliphatic carbocycles. The smallest absolute Gasteiger partial charge is 0.420 e. The second-order valence-electron chi connectivity index (χ2n) is 7.13. The molecule has 37 heavy (non-hydrogen) atoms. The van der Waals surface area contributed by atoms with Crippen molar-refractivity contribution in [1.29, 1.82) is 0 Å². The summed E-state index contributed by atoms with van der Waals surface area (Å²) in [6.07, 6.45) is -15.6. The number of ether oxygens (including phenoxy) is 2. The van der Waals surface area contributed by atoms with Crippen LogP contribution in [0.1, 0.15) is 16.7 Å². The van der Waals surface area contributed by atoms with E-state index in [1.54, 1.807) is 0 Å². The fourth-order valence-corrected chi connectivity index (χ4v) is 2.97. The molecule has 0 radical (unpaired) electrons. The second kappa shape index (κ2) is 9.15. The van der Waals surface area contributed by atoms with E-state index < -0.39 is 87.0 Å². The molecular formula is C21H10F12N2O2. The van der Waals surface area contributed by atoms with Gasteiger partial charge in [-0.3, -0.25) is 0 Å². The lowest BCUT2D eigenvalue weighted by molar-refractivity contribution is -0.139. The minimum Gasteiger partial charge on any atom is -0.451 e. The van der Waals surface area contributed by atoms with Gasteiger partial charge in [0.15, 0.2) is 34.6 Å². The van der Waals surface area contributed by atoms with Crippen LogP contribution in [0, 0.1) is 17.5 Å². The number of hydrogen-bond acceptors (Lipinski definition) is 4. The molecule has 4 nitrogen and oxygen atoms in total. The van der Waals surface area contributed by atoms with Crippen LogP contribution in [-0.4, -0.2) is 0 Å². The largest absolute Gasteiger partial charge is 0.451 e. The van der Waals surface area contributed by atoms with Crippen LogP contribution in [0.2, 0.25) is 0 Å². The first kappa shape index (κ1) is 27.6. The third-order valence-corrected chi connectivity index (χ3v) is 4.70. The summed E-state index contributed by atoms with van der Waals surface area (Å²) in [5.41, 5.74) is 1.88. The fraction of sp³-hybridized carbons (Fsp3) is 0.143. The predicted molar refractivity (Wildman–Crippen MR) is 103 cm³/mol. The molecule has 3 aromatic carbocycles. The van der Waals surface area contributed by atoms with Crippen LogP contribution in [0.25, 0.3) is 0 Å². The van der Waals surface area contributed by atoms with Crippen LogP contribution in [0.15, 0.2) is 36.4 Å². The number of nitrogens with two attached hydrogens (primary N) is 2. The van der Waals surface area contributed by atoms with E-state index in [1.807, 2.05) is 0 Å². The fourth-order valence-electron chi connectivity index (χ4n) is 2.97. The van der Waals surface area contributed by atoms with Gasteiger partial charge in [0.2, 0.25) is 5.82 Å². The van der Waals surface area contributed by atoms with Crippen LogP contribution < -0.4 is 20.9 Å². The van der Waals surface area contributed by atoms with Crippen LogP contribution in [0.5, 0.6) is 23.0 Å². The summed E-state index contributed by atoms with van der Waals surface area (Å²) in [7, 11) is 0. The summed E-state index contributed by atoms with van der Waals surface area (Å²) < 4.78 is 170. The van der Waals surface area contributed by atoms with Crippen molar-refractivity contribution in [3.8, 4) is 23.0 Å². The van der Waals surface area contributed by atoms with Crippen LogP contribution in [0.3, 0.4) is 0 Å². The molecule has 0 saturated heterocycles. The maximum absolute atomic E-state index is 15.0. The number of hydrogen-bond donors (Lipinski definition) is 2. The molecule has 0 aliphatic heterocycles. The maximum Gasteiger partial charge on any atom is 0.420 e. The van der Waals surface area contributed by atoms with Gasteiger partial charge in [0.1, 0.15) is 5.56 Å². The van der Waals surface area contributed by atoms with Gasteiger partial charge in [-0.05, 0) is 36.4 Å². The summed E-state index contributed by atoms with van der Waals surface area (Å²) in [5, 5.41) is 0. The number of halogens is 12. The van der Waals surface area contributed by atoms with E-state index in [9.17, 15) is 48.3 Å². The van der Waals surface area contributed by atoms with Crippen LogP contribution in [-0.2, 0) is 18.5 Å². The van der Waals surface area contributed by atoms with E-state index in [4.69, 9.17) is 16.2 Å². The van der Waals surface area contributed by atoms with Crippen molar-refractivity contribution < 1.29 is 62.2 Å². The van der Waals surface area contributed by atoms with Crippen molar-refractivity contribution in [1.82, 2.24) is 0 Å². The molecule has 0 atom stereocenters. The minimum absolute atomic E-state index is 0.129. The van der Waals surface area contributed by atoms with Gasteiger partial charge in [-0.15, -0.1) is 0 Å². The van der Waals surface area contributed by atoms with E-state index in [2.05, 4.69) is 4.74 Å². The van der Waals surface area contributed by atoms with Gasteiger partial charge in [0.25, 0.3) is 0 Å². The van der Waals surface area contributed by atoms with Crippen molar-refractivity contribution in [3.63, 3.8) is 0 Å². The Balaban J connectivity index is 2.11. The Bertz CT molecular complexity index is 1350. The average Bonchev–Trinajstić information content (AvgIpc) is 2.74. The Labute approximate surface area is 198 Å². The van der Waals surface area contributed by atoms with Crippen molar-refractivity contribution in [3.05, 3.63) is 70.5 Å². The molecule has 0 fully saturated rings. The maximum atomic E-state index is 15.0. The van der Waals surface area contributed by atoms with E-state index in [1.165, 1.54) is 0 Å². The topological polar surface area (TPSA) is 70.5 Å². The molecule has 0 aliphatic rings. The number of alkyl halides is 9. The Morgan fingerprint density at radius 1 is 0.459 bits per heavy atom. The number of anilines is 2. The highest BCUT2D eigenvalue weighted by Crippen LogP contribution is 2.46. The minimum atomic E-state index is -5.37. The molecule has 0 saturated carbocycles. The standard InChI is InChI=1S/C21H10F12N2O2/c22-13-10(4-1-7(16(13)34)19(25,26)27)36-12-6-3-9(21(31,32)33)18(15(12)24)37-11-5-2-8(20(28,29)30)17(35)14(11)23/h1-6H,34-35H2. The lowest BCUT2D eigenvalue weighted by Crippen LogP contribution is -2.12. The van der Waals surface area contributed by atoms with Crippen LogP contribution in [0.4, 0.5) is 64.1 Å². The molecule has 0 spiro atoms. The summed E-state index contributed by atoms with van der Waals surface area (Å²) >= 11 is 0. The predicted octanol–water partition coefficient (Wildman–Crippen LogP) is 7.91. The molecule has 3 rings (SSSR count). The zero-order chi connectivity index (χ0) is 28.1.